The number of rotatable bonds is 3. The van der Waals surface area contributed by atoms with Crippen molar-refractivity contribution in [2.45, 2.75) is 26.8 Å². The number of aryl methyl sites for hydroxylation is 1. The molecule has 9 nitrogen and oxygen atoms in total. The van der Waals surface area contributed by atoms with E-state index in [0.717, 1.165) is 41.2 Å². The maximum atomic E-state index is 9.45. The number of hydrogen-bond donors (Lipinski definition) is 2. The maximum absolute atomic E-state index is 9.45. The molecule has 1 saturated heterocycles. The Morgan fingerprint density at radius 3 is 2.84 bits per heavy atom. The second kappa shape index (κ2) is 9.06. The Bertz CT molecular complexity index is 1160. The number of nitrogen functional groups attached to an aromatic ring is 1. The molecule has 9 heteroatoms. The molecule has 3 aromatic rings. The molecule has 0 saturated carbocycles. The van der Waals surface area contributed by atoms with E-state index in [0.29, 0.717) is 18.4 Å². The minimum Gasteiger partial charge on any atom is -0.368 e. The average Bonchev–Trinajstić information content (AvgIpc) is 2.78. The summed E-state index contributed by atoms with van der Waals surface area (Å²) in [6.45, 7) is 8.40. The lowest BCUT2D eigenvalue weighted by molar-refractivity contribution is 0.220. The Kier molecular flexibility index (Phi) is 6.03. The fourth-order valence-electron chi connectivity index (χ4n) is 4.10. The molecule has 0 radical (unpaired) electrons. The zero-order valence-electron chi connectivity index (χ0n) is 18.5. The number of piperazine rings is 1. The van der Waals surface area contributed by atoms with E-state index in [9.17, 15) is 5.26 Å². The fourth-order valence-corrected chi connectivity index (χ4v) is 4.10. The van der Waals surface area contributed by atoms with Crippen molar-refractivity contribution in [1.82, 2.24) is 25.2 Å². The Morgan fingerprint density at radius 1 is 1.25 bits per heavy atom. The first kappa shape index (κ1) is 21.3. The van der Waals surface area contributed by atoms with Crippen molar-refractivity contribution in [2.75, 3.05) is 30.3 Å². The van der Waals surface area contributed by atoms with Crippen molar-refractivity contribution in [2.24, 2.45) is 10.9 Å². The predicted octanol–water partition coefficient (Wildman–Crippen LogP) is 2.82. The third-order valence-electron chi connectivity index (χ3n) is 5.66. The summed E-state index contributed by atoms with van der Waals surface area (Å²) in [7, 11) is 0. The number of benzene rings is 1. The summed E-state index contributed by atoms with van der Waals surface area (Å²) in [5, 5.41) is 13.2. The number of hydrogen-bond acceptors (Lipinski definition) is 7. The molecular formula is C23H27N9. The maximum Gasteiger partial charge on any atom is 0.222 e. The fraction of sp³-hybridized carbons (Fsp3) is 0.348. The van der Waals surface area contributed by atoms with Crippen molar-refractivity contribution >= 4 is 34.3 Å². The SMILES string of the molecule is Cc1cc(N2CCN(C(=Nc3cccc4ncccc34)NC#N)[C@@H](C(C)C)C2)nc(N)n1. The topological polar surface area (TPSA) is 119 Å². The normalized spacial score (nSPS) is 17.0. The van der Waals surface area contributed by atoms with Crippen LogP contribution >= 0.6 is 0 Å². The van der Waals surface area contributed by atoms with Gasteiger partial charge in [0.15, 0.2) is 6.19 Å². The highest BCUT2D eigenvalue weighted by Gasteiger charge is 2.32. The number of aliphatic imine (C=N–C) groups is 1. The summed E-state index contributed by atoms with van der Waals surface area (Å²) in [5.41, 5.74) is 8.36. The Morgan fingerprint density at radius 2 is 2.09 bits per heavy atom. The number of guanidine groups is 1. The quantitative estimate of drug-likeness (QED) is 0.282. The van der Waals surface area contributed by atoms with E-state index in [4.69, 9.17) is 10.7 Å². The molecule has 3 heterocycles. The monoisotopic (exact) mass is 429 g/mol. The van der Waals surface area contributed by atoms with Gasteiger partial charge < -0.3 is 15.5 Å². The number of nitriles is 1. The number of nitrogens with two attached hydrogens (primary N) is 1. The van der Waals surface area contributed by atoms with Gasteiger partial charge >= 0.3 is 0 Å². The van der Waals surface area contributed by atoms with Gasteiger partial charge in [-0.3, -0.25) is 10.3 Å². The second-order valence-electron chi connectivity index (χ2n) is 8.20. The lowest BCUT2D eigenvalue weighted by atomic mass is 9.99. The van der Waals surface area contributed by atoms with Gasteiger partial charge in [-0.25, -0.2) is 9.98 Å². The molecule has 4 rings (SSSR count). The molecule has 32 heavy (non-hydrogen) atoms. The molecule has 1 fully saturated rings. The van der Waals surface area contributed by atoms with Crippen LogP contribution in [-0.2, 0) is 0 Å². The molecule has 0 spiro atoms. The minimum absolute atomic E-state index is 0.118. The molecule has 3 N–H and O–H groups in total. The molecule has 1 aliphatic heterocycles. The second-order valence-corrected chi connectivity index (χ2v) is 8.20. The van der Waals surface area contributed by atoms with Gasteiger partial charge in [-0.2, -0.15) is 10.2 Å². The molecule has 0 aliphatic carbocycles. The molecule has 0 bridgehead atoms. The van der Waals surface area contributed by atoms with Gasteiger partial charge in [0.1, 0.15) is 5.82 Å². The highest BCUT2D eigenvalue weighted by molar-refractivity contribution is 5.94. The lowest BCUT2D eigenvalue weighted by Gasteiger charge is -2.44. The Hall–Kier alpha value is -3.93. The summed E-state index contributed by atoms with van der Waals surface area (Å²) in [4.78, 5) is 22.3. The van der Waals surface area contributed by atoms with E-state index >= 15 is 0 Å². The van der Waals surface area contributed by atoms with Crippen LogP contribution in [0.5, 0.6) is 0 Å². The summed E-state index contributed by atoms with van der Waals surface area (Å²) in [5.74, 6) is 1.96. The van der Waals surface area contributed by atoms with Gasteiger partial charge in [0.05, 0.1) is 17.2 Å². The highest BCUT2D eigenvalue weighted by Crippen LogP contribution is 2.27. The number of anilines is 2. The number of fused-ring (bicyclic) bond motifs is 1. The first-order valence-electron chi connectivity index (χ1n) is 10.7. The number of nitrogens with one attached hydrogen (secondary N) is 1. The van der Waals surface area contributed by atoms with Crippen molar-refractivity contribution < 1.29 is 0 Å². The zero-order valence-corrected chi connectivity index (χ0v) is 18.5. The van der Waals surface area contributed by atoms with Crippen LogP contribution < -0.4 is 16.0 Å². The van der Waals surface area contributed by atoms with Crippen molar-refractivity contribution in [3.05, 3.63) is 48.3 Å². The van der Waals surface area contributed by atoms with Crippen LogP contribution in [0.4, 0.5) is 17.5 Å². The number of nitrogens with zero attached hydrogens (tertiary/aromatic N) is 7. The van der Waals surface area contributed by atoms with Crippen LogP contribution in [0.3, 0.4) is 0 Å². The minimum atomic E-state index is 0.118. The average molecular weight is 430 g/mol. The van der Waals surface area contributed by atoms with Crippen molar-refractivity contribution in [3.63, 3.8) is 0 Å². The van der Waals surface area contributed by atoms with Gasteiger partial charge in [-0.05, 0) is 37.1 Å². The van der Waals surface area contributed by atoms with E-state index in [1.165, 1.54) is 0 Å². The van der Waals surface area contributed by atoms with Gasteiger partial charge in [0.25, 0.3) is 0 Å². The highest BCUT2D eigenvalue weighted by atomic mass is 15.4. The van der Waals surface area contributed by atoms with Crippen LogP contribution in [0.25, 0.3) is 10.9 Å². The lowest BCUT2D eigenvalue weighted by Crippen LogP contribution is -2.59. The number of pyridine rings is 1. The summed E-state index contributed by atoms with van der Waals surface area (Å²) >= 11 is 0. The standard InChI is InChI=1S/C23H27N9/c1-15(2)20-13-31(21-12-16(3)28-22(25)30-21)10-11-32(20)23(27-14-24)29-19-8-4-7-18-17(19)6-5-9-26-18/h4-9,12,15,20H,10-11,13H2,1-3H3,(H,27,29)(H2,25,28,30)/t20-/m1/s1. The van der Waals surface area contributed by atoms with E-state index in [1.54, 1.807) is 6.20 Å². The van der Waals surface area contributed by atoms with Crippen molar-refractivity contribution in [1.29, 1.82) is 5.26 Å². The molecule has 1 aliphatic rings. The Balaban J connectivity index is 1.68. The summed E-state index contributed by atoms with van der Waals surface area (Å²) < 4.78 is 0. The van der Waals surface area contributed by atoms with Crippen LogP contribution in [0.2, 0.25) is 0 Å². The first-order valence-corrected chi connectivity index (χ1v) is 10.7. The Labute approximate surface area is 187 Å². The van der Waals surface area contributed by atoms with Crippen molar-refractivity contribution in [3.8, 4) is 6.19 Å². The summed E-state index contributed by atoms with van der Waals surface area (Å²) in [6.07, 6.45) is 3.83. The van der Waals surface area contributed by atoms with Gasteiger partial charge in [0, 0.05) is 43.0 Å². The van der Waals surface area contributed by atoms with Crippen LogP contribution in [-0.4, -0.2) is 51.5 Å². The van der Waals surface area contributed by atoms with E-state index in [2.05, 4.69) is 50.1 Å². The summed E-state index contributed by atoms with van der Waals surface area (Å²) in [6, 6.07) is 11.8. The smallest absolute Gasteiger partial charge is 0.222 e. The van der Waals surface area contributed by atoms with E-state index in [-0.39, 0.29) is 12.0 Å². The van der Waals surface area contributed by atoms with Gasteiger partial charge in [-0.1, -0.05) is 19.9 Å². The van der Waals surface area contributed by atoms with Crippen LogP contribution in [0.15, 0.2) is 47.6 Å². The van der Waals surface area contributed by atoms with E-state index < -0.39 is 0 Å². The number of aromatic nitrogens is 3. The molecule has 164 valence electrons. The zero-order chi connectivity index (χ0) is 22.7. The molecule has 0 amide bonds. The predicted molar refractivity (Wildman–Crippen MR) is 126 cm³/mol. The largest absolute Gasteiger partial charge is 0.368 e. The van der Waals surface area contributed by atoms with E-state index in [1.807, 2.05) is 43.3 Å². The first-order chi connectivity index (χ1) is 15.5. The van der Waals surface area contributed by atoms with Crippen LogP contribution in [0.1, 0.15) is 19.5 Å². The molecule has 0 unspecified atom stereocenters. The third kappa shape index (κ3) is 4.39. The van der Waals surface area contributed by atoms with Gasteiger partial charge in [-0.15, -0.1) is 0 Å². The molecule has 1 atom stereocenters. The van der Waals surface area contributed by atoms with Gasteiger partial charge in [0.2, 0.25) is 11.9 Å². The van der Waals surface area contributed by atoms with Crippen LogP contribution in [0, 0.1) is 24.3 Å². The molecular weight excluding hydrogens is 402 g/mol. The third-order valence-corrected chi connectivity index (χ3v) is 5.66. The molecule has 2 aromatic heterocycles. The molecule has 1 aromatic carbocycles.